The molecule has 0 saturated carbocycles. The van der Waals surface area contributed by atoms with Crippen LogP contribution in [0.3, 0.4) is 0 Å². The van der Waals surface area contributed by atoms with Crippen molar-refractivity contribution in [3.63, 3.8) is 0 Å². The summed E-state index contributed by atoms with van der Waals surface area (Å²) in [5.74, 6) is 0.264. The van der Waals surface area contributed by atoms with Crippen molar-refractivity contribution in [1.29, 1.82) is 0 Å². The van der Waals surface area contributed by atoms with Crippen LogP contribution in [-0.4, -0.2) is 31.7 Å². The molecule has 0 fully saturated rings. The van der Waals surface area contributed by atoms with Gasteiger partial charge in [0.2, 0.25) is 5.76 Å². The van der Waals surface area contributed by atoms with Gasteiger partial charge in [-0.2, -0.15) is 0 Å². The van der Waals surface area contributed by atoms with Crippen LogP contribution in [-0.2, 0) is 4.74 Å². The smallest absolute Gasteiger partial charge is 0.338 e. The Labute approximate surface area is 257 Å². The molecule has 44 heavy (non-hydrogen) atoms. The highest BCUT2D eigenvalue weighted by molar-refractivity contribution is 6.11. The van der Waals surface area contributed by atoms with Gasteiger partial charge in [-0.05, 0) is 98.8 Å². The normalized spacial score (nSPS) is 14.2. The Morgan fingerprint density at radius 3 is 2.25 bits per heavy atom. The molecule has 5 rings (SSSR count). The highest BCUT2D eigenvalue weighted by Gasteiger charge is 2.44. The van der Waals surface area contributed by atoms with Crippen LogP contribution < -0.4 is 19.8 Å². The molecular weight excluding hydrogens is 558 g/mol. The third-order valence-electron chi connectivity index (χ3n) is 7.94. The summed E-state index contributed by atoms with van der Waals surface area (Å²) in [6.07, 6.45) is 3.60. The number of unbranched alkanes of at least 4 members (excludes halogenated alkanes) is 2. The van der Waals surface area contributed by atoms with E-state index in [1.165, 1.54) is 0 Å². The Bertz CT molecular complexity index is 1740. The number of fused-ring (bicyclic) bond motifs is 2. The molecule has 1 aromatic heterocycles. The number of aryl methyl sites for hydroxylation is 2. The summed E-state index contributed by atoms with van der Waals surface area (Å²) < 4.78 is 23.5. The van der Waals surface area contributed by atoms with E-state index < -0.39 is 17.9 Å². The van der Waals surface area contributed by atoms with Crippen molar-refractivity contribution < 1.29 is 28.2 Å². The number of carbonyl (C=O) groups excluding carboxylic acids is 2. The van der Waals surface area contributed by atoms with E-state index in [1.807, 2.05) is 52.0 Å². The van der Waals surface area contributed by atoms with Gasteiger partial charge in [-0.25, -0.2) is 4.79 Å². The lowest BCUT2D eigenvalue weighted by molar-refractivity contribution is 0.0499. The third kappa shape index (κ3) is 5.94. The predicted molar refractivity (Wildman–Crippen MR) is 170 cm³/mol. The molecule has 1 amide bonds. The van der Waals surface area contributed by atoms with Crippen LogP contribution in [0.15, 0.2) is 63.8 Å². The molecule has 0 saturated heterocycles. The van der Waals surface area contributed by atoms with E-state index >= 15 is 0 Å². The lowest BCUT2D eigenvalue weighted by Gasteiger charge is -2.26. The van der Waals surface area contributed by atoms with E-state index in [4.69, 9.17) is 18.6 Å². The van der Waals surface area contributed by atoms with E-state index in [9.17, 15) is 14.4 Å². The second-order valence-electron chi connectivity index (χ2n) is 11.1. The van der Waals surface area contributed by atoms with Gasteiger partial charge in [-0.1, -0.05) is 32.8 Å². The monoisotopic (exact) mass is 597 g/mol. The molecule has 0 N–H and O–H groups in total. The lowest BCUT2D eigenvalue weighted by Crippen LogP contribution is -2.29. The van der Waals surface area contributed by atoms with Crippen molar-refractivity contribution in [1.82, 2.24) is 0 Å². The number of carbonyl (C=O) groups is 2. The van der Waals surface area contributed by atoms with E-state index in [0.717, 1.165) is 36.8 Å². The predicted octanol–water partition coefficient (Wildman–Crippen LogP) is 7.69. The van der Waals surface area contributed by atoms with Crippen LogP contribution in [0.2, 0.25) is 0 Å². The number of rotatable bonds is 12. The fourth-order valence-corrected chi connectivity index (χ4v) is 5.37. The quantitative estimate of drug-likeness (QED) is 0.122. The first-order valence-corrected chi connectivity index (χ1v) is 15.4. The molecule has 3 aromatic carbocycles. The van der Waals surface area contributed by atoms with Crippen LogP contribution in [0, 0.1) is 13.8 Å². The number of benzene rings is 3. The van der Waals surface area contributed by atoms with Crippen LogP contribution >= 0.6 is 0 Å². The molecule has 8 nitrogen and oxygen atoms in total. The Balaban J connectivity index is 1.64. The van der Waals surface area contributed by atoms with Crippen molar-refractivity contribution >= 4 is 28.5 Å². The highest BCUT2D eigenvalue weighted by Crippen LogP contribution is 2.43. The molecule has 0 radical (unpaired) electrons. The first-order valence-electron chi connectivity index (χ1n) is 15.4. The Kier molecular flexibility index (Phi) is 9.37. The van der Waals surface area contributed by atoms with Gasteiger partial charge in [0.1, 0.15) is 5.58 Å². The van der Waals surface area contributed by atoms with Gasteiger partial charge in [0.05, 0.1) is 42.4 Å². The number of hydrogen-bond acceptors (Lipinski definition) is 7. The summed E-state index contributed by atoms with van der Waals surface area (Å²) in [6.45, 7) is 11.2. The van der Waals surface area contributed by atoms with Crippen LogP contribution in [0.25, 0.3) is 11.0 Å². The van der Waals surface area contributed by atoms with Crippen molar-refractivity contribution in [3.05, 3.63) is 98.4 Å². The average molecular weight is 598 g/mol. The molecule has 1 aliphatic rings. The standard InChI is InChI=1S/C36H39NO7/c1-6-9-17-42-28-16-13-25(21-30(28)41-8-3)32-31-33(38)27-19-22(4)23(5)20-29(27)44-34(31)35(39)37(32)26-14-11-24(12-15-26)36(40)43-18-10-7-2/h11-16,19-21,32H,6-10,17-18H2,1-5H3. The first kappa shape index (κ1) is 30.9. The minimum Gasteiger partial charge on any atom is -0.490 e. The number of anilines is 1. The largest absolute Gasteiger partial charge is 0.490 e. The molecule has 1 aliphatic heterocycles. The fourth-order valence-electron chi connectivity index (χ4n) is 5.37. The maximum absolute atomic E-state index is 14.2. The molecule has 230 valence electrons. The van der Waals surface area contributed by atoms with Gasteiger partial charge in [0.15, 0.2) is 16.9 Å². The number of hydrogen-bond donors (Lipinski definition) is 0. The van der Waals surface area contributed by atoms with Crippen LogP contribution in [0.1, 0.15) is 95.7 Å². The zero-order valence-electron chi connectivity index (χ0n) is 26.0. The summed E-state index contributed by atoms with van der Waals surface area (Å²) in [7, 11) is 0. The molecule has 0 bridgehead atoms. The van der Waals surface area contributed by atoms with E-state index in [-0.39, 0.29) is 16.8 Å². The molecule has 2 heterocycles. The minimum absolute atomic E-state index is 0.0000344. The molecule has 1 atom stereocenters. The molecule has 0 spiro atoms. The average Bonchev–Trinajstić information content (AvgIpc) is 3.31. The third-order valence-corrected chi connectivity index (χ3v) is 7.94. The Morgan fingerprint density at radius 1 is 0.841 bits per heavy atom. The second-order valence-corrected chi connectivity index (χ2v) is 11.1. The van der Waals surface area contributed by atoms with Gasteiger partial charge in [-0.3, -0.25) is 14.5 Å². The van der Waals surface area contributed by atoms with Crippen molar-refractivity contribution in [2.75, 3.05) is 24.7 Å². The SMILES string of the molecule is CCCCOC(=O)c1ccc(N2C(=O)c3oc4cc(C)c(C)cc4c(=O)c3C2c2ccc(OCCCC)c(OCC)c2)cc1. The summed E-state index contributed by atoms with van der Waals surface area (Å²) in [5, 5.41) is 0.418. The maximum Gasteiger partial charge on any atom is 0.338 e. The topological polar surface area (TPSA) is 95.3 Å². The van der Waals surface area contributed by atoms with Gasteiger partial charge in [0.25, 0.3) is 5.91 Å². The molecule has 4 aromatic rings. The molecule has 8 heteroatoms. The molecule has 1 unspecified atom stereocenters. The summed E-state index contributed by atoms with van der Waals surface area (Å²) in [6, 6.07) is 15.0. The van der Waals surface area contributed by atoms with Gasteiger partial charge >= 0.3 is 5.97 Å². The van der Waals surface area contributed by atoms with Gasteiger partial charge in [0, 0.05) is 5.69 Å². The number of esters is 1. The van der Waals surface area contributed by atoms with E-state index in [0.29, 0.717) is 59.1 Å². The van der Waals surface area contributed by atoms with Crippen molar-refractivity contribution in [3.8, 4) is 11.5 Å². The van der Waals surface area contributed by atoms with Crippen LogP contribution in [0.5, 0.6) is 11.5 Å². The van der Waals surface area contributed by atoms with Crippen LogP contribution in [0.4, 0.5) is 5.69 Å². The Morgan fingerprint density at radius 2 is 1.55 bits per heavy atom. The number of ether oxygens (including phenoxy) is 3. The van der Waals surface area contributed by atoms with E-state index in [2.05, 4.69) is 6.92 Å². The highest BCUT2D eigenvalue weighted by atomic mass is 16.5. The summed E-state index contributed by atoms with van der Waals surface area (Å²) in [4.78, 5) is 42.4. The minimum atomic E-state index is -0.800. The maximum atomic E-state index is 14.2. The second kappa shape index (κ2) is 13.4. The first-order chi connectivity index (χ1) is 21.3. The fraction of sp³-hybridized carbons (Fsp3) is 0.361. The Hall–Kier alpha value is -4.59. The molecular formula is C36H39NO7. The number of nitrogens with zero attached hydrogens (tertiary/aromatic N) is 1. The summed E-state index contributed by atoms with van der Waals surface area (Å²) >= 11 is 0. The lowest BCUT2D eigenvalue weighted by atomic mass is 9.96. The van der Waals surface area contributed by atoms with E-state index in [1.54, 1.807) is 35.2 Å². The number of amides is 1. The zero-order valence-corrected chi connectivity index (χ0v) is 26.0. The van der Waals surface area contributed by atoms with Crippen molar-refractivity contribution in [2.24, 2.45) is 0 Å². The molecule has 0 aliphatic carbocycles. The zero-order chi connectivity index (χ0) is 31.4. The van der Waals surface area contributed by atoms with Crippen molar-refractivity contribution in [2.45, 2.75) is 66.3 Å². The summed E-state index contributed by atoms with van der Waals surface area (Å²) in [5.41, 5.74) is 3.83. The van der Waals surface area contributed by atoms with Gasteiger partial charge in [-0.15, -0.1) is 0 Å². The van der Waals surface area contributed by atoms with Gasteiger partial charge < -0.3 is 18.6 Å².